The van der Waals surface area contributed by atoms with Gasteiger partial charge in [0.2, 0.25) is 0 Å². The van der Waals surface area contributed by atoms with Crippen molar-refractivity contribution in [1.82, 2.24) is 9.96 Å². The Labute approximate surface area is 58.4 Å². The lowest BCUT2D eigenvalue weighted by Gasteiger charge is -2.37. The smallest absolute Gasteiger partial charge is 0.407 e. The molecule has 1 heterocycles. The van der Waals surface area contributed by atoms with Crippen LogP contribution in [0.15, 0.2) is 0 Å². The molecule has 0 atom stereocenters. The lowest BCUT2D eigenvalue weighted by molar-refractivity contribution is 0.120. The van der Waals surface area contributed by atoms with Crippen molar-refractivity contribution in [3.63, 3.8) is 0 Å². The molecule has 0 unspecified atom stereocenters. The third kappa shape index (κ3) is 1.58. The Morgan fingerprint density at radius 2 is 1.80 bits per heavy atom. The molecule has 0 spiro atoms. The van der Waals surface area contributed by atoms with E-state index in [1.807, 2.05) is 0 Å². The molecule has 1 amide bonds. The number of rotatable bonds is 0. The Kier molecular flexibility index (Phi) is 2.08. The van der Waals surface area contributed by atoms with Gasteiger partial charge in [0.1, 0.15) is 0 Å². The van der Waals surface area contributed by atoms with Gasteiger partial charge in [-0.05, 0) is 0 Å². The monoisotopic (exact) mass is 145 g/mol. The van der Waals surface area contributed by atoms with Crippen molar-refractivity contribution in [3.05, 3.63) is 5.21 Å². The molecule has 1 rings (SSSR count). The van der Waals surface area contributed by atoms with E-state index in [4.69, 9.17) is 5.11 Å². The van der Waals surface area contributed by atoms with Crippen LogP contribution >= 0.6 is 0 Å². The molecule has 1 N–H and O–H groups in total. The van der Waals surface area contributed by atoms with E-state index in [-0.39, 0.29) is 0 Å². The van der Waals surface area contributed by atoms with Gasteiger partial charge in [0.25, 0.3) is 0 Å². The summed E-state index contributed by atoms with van der Waals surface area (Å²) in [6, 6.07) is 0. The average molecular weight is 145 g/mol. The van der Waals surface area contributed by atoms with Crippen LogP contribution in [0.25, 0.3) is 0 Å². The van der Waals surface area contributed by atoms with Gasteiger partial charge in [-0.1, -0.05) is 0 Å². The van der Waals surface area contributed by atoms with Crippen molar-refractivity contribution < 1.29 is 9.90 Å². The van der Waals surface area contributed by atoms with Gasteiger partial charge in [0.15, 0.2) is 0 Å². The van der Waals surface area contributed by atoms with Crippen LogP contribution in [0.3, 0.4) is 0 Å². The second kappa shape index (κ2) is 2.85. The van der Waals surface area contributed by atoms with Crippen molar-refractivity contribution in [2.75, 3.05) is 26.2 Å². The Hall–Kier alpha value is -0.810. The summed E-state index contributed by atoms with van der Waals surface area (Å²) in [6.45, 7) is 1.26. The van der Waals surface area contributed by atoms with Gasteiger partial charge in [-0.15, -0.1) is 0 Å². The Balaban J connectivity index is 2.33. The lowest BCUT2D eigenvalue weighted by atomic mass is 10.4. The summed E-state index contributed by atoms with van der Waals surface area (Å²) in [7, 11) is 0. The Bertz CT molecular complexity index is 131. The number of piperazine rings is 1. The van der Waals surface area contributed by atoms with Crippen LogP contribution in [0.4, 0.5) is 4.79 Å². The first-order valence-corrected chi connectivity index (χ1v) is 3.10. The summed E-state index contributed by atoms with van der Waals surface area (Å²) in [6.07, 6.45) is -0.937. The number of amides is 1. The molecule has 10 heavy (non-hydrogen) atoms. The molecule has 0 bridgehead atoms. The highest BCUT2D eigenvalue weighted by molar-refractivity contribution is 5.65. The number of hydrogen-bond donors (Lipinski definition) is 1. The summed E-state index contributed by atoms with van der Waals surface area (Å²) < 4.78 is 0. The zero-order valence-corrected chi connectivity index (χ0v) is 5.49. The highest BCUT2D eigenvalue weighted by atomic mass is 16.5. The molecule has 5 nitrogen and oxygen atoms in total. The van der Waals surface area contributed by atoms with E-state index in [2.05, 4.69) is 0 Å². The third-order valence-corrected chi connectivity index (χ3v) is 1.51. The molecule has 0 saturated carbocycles. The molecule has 5 heteroatoms. The number of carboxylic acid groups (broad SMARTS) is 1. The molecule has 0 radical (unpaired) electrons. The van der Waals surface area contributed by atoms with Crippen LogP contribution in [-0.4, -0.2) is 47.3 Å². The number of nitrogens with zero attached hydrogens (tertiary/aromatic N) is 2. The number of hydroxylamine groups is 2. The summed E-state index contributed by atoms with van der Waals surface area (Å²) in [5, 5.41) is 19.8. The van der Waals surface area contributed by atoms with Crippen LogP contribution in [0.1, 0.15) is 0 Å². The Morgan fingerprint density at radius 3 is 2.20 bits per heavy atom. The predicted molar refractivity (Wildman–Crippen MR) is 34.5 cm³/mol. The largest absolute Gasteiger partial charge is 0.785 e. The SMILES string of the molecule is O=C(O)N1CCN([O-])CC1. The van der Waals surface area contributed by atoms with Gasteiger partial charge in [-0.3, -0.25) is 0 Å². The van der Waals surface area contributed by atoms with Gasteiger partial charge < -0.3 is 20.3 Å². The second-order valence-electron chi connectivity index (χ2n) is 2.20. The highest BCUT2D eigenvalue weighted by Crippen LogP contribution is 1.98. The zero-order valence-electron chi connectivity index (χ0n) is 5.49. The van der Waals surface area contributed by atoms with Gasteiger partial charge >= 0.3 is 6.09 Å². The van der Waals surface area contributed by atoms with E-state index in [1.165, 1.54) is 4.90 Å². The van der Waals surface area contributed by atoms with Crippen LogP contribution in [0.2, 0.25) is 0 Å². The summed E-state index contributed by atoms with van der Waals surface area (Å²) in [4.78, 5) is 11.5. The molecule has 1 saturated heterocycles. The van der Waals surface area contributed by atoms with Crippen molar-refractivity contribution >= 4 is 6.09 Å². The molecule has 0 aromatic heterocycles. The molecule has 0 aromatic rings. The molecule has 1 aliphatic heterocycles. The van der Waals surface area contributed by atoms with Gasteiger partial charge in [0.05, 0.1) is 0 Å². The van der Waals surface area contributed by atoms with E-state index in [0.29, 0.717) is 26.2 Å². The van der Waals surface area contributed by atoms with E-state index in [9.17, 15) is 10.0 Å². The average Bonchev–Trinajstić information content (AvgIpc) is 1.88. The molecular formula is C5H9N2O3-. The van der Waals surface area contributed by atoms with E-state index < -0.39 is 6.09 Å². The van der Waals surface area contributed by atoms with Crippen molar-refractivity contribution in [2.45, 2.75) is 0 Å². The zero-order chi connectivity index (χ0) is 7.56. The van der Waals surface area contributed by atoms with Gasteiger partial charge in [-0.2, -0.15) is 0 Å². The van der Waals surface area contributed by atoms with Crippen molar-refractivity contribution in [1.29, 1.82) is 0 Å². The summed E-state index contributed by atoms with van der Waals surface area (Å²) in [5.41, 5.74) is 0. The minimum Gasteiger partial charge on any atom is -0.785 e. The van der Waals surface area contributed by atoms with Crippen LogP contribution in [0.5, 0.6) is 0 Å². The first-order valence-electron chi connectivity index (χ1n) is 3.10. The number of hydrogen-bond acceptors (Lipinski definition) is 3. The van der Waals surface area contributed by atoms with Gasteiger partial charge in [-0.25, -0.2) is 4.79 Å². The molecule has 1 aliphatic rings. The normalized spacial score (nSPS) is 21.1. The predicted octanol–water partition coefficient (Wildman–Crippen LogP) is -0.220. The van der Waals surface area contributed by atoms with E-state index in [0.717, 1.165) is 5.06 Å². The fourth-order valence-corrected chi connectivity index (χ4v) is 0.879. The number of carbonyl (C=O) groups is 1. The standard InChI is InChI=1S/C5H9N2O3/c8-5(9)6-1-3-7(10)4-2-6/h1-4H2,(H,8,9)/q-1. The minimum atomic E-state index is -0.937. The maximum atomic E-state index is 10.5. The quantitative estimate of drug-likeness (QED) is 0.511. The molecular weight excluding hydrogens is 136 g/mol. The summed E-state index contributed by atoms with van der Waals surface area (Å²) in [5.74, 6) is 0. The van der Waals surface area contributed by atoms with Crippen molar-refractivity contribution in [2.24, 2.45) is 0 Å². The molecule has 0 aliphatic carbocycles. The Morgan fingerprint density at radius 1 is 1.30 bits per heavy atom. The lowest BCUT2D eigenvalue weighted by Crippen LogP contribution is -2.45. The molecule has 0 aromatic carbocycles. The maximum Gasteiger partial charge on any atom is 0.407 e. The van der Waals surface area contributed by atoms with Crippen LogP contribution < -0.4 is 0 Å². The third-order valence-electron chi connectivity index (χ3n) is 1.51. The fourth-order valence-electron chi connectivity index (χ4n) is 0.879. The van der Waals surface area contributed by atoms with Gasteiger partial charge in [0, 0.05) is 26.2 Å². The second-order valence-corrected chi connectivity index (χ2v) is 2.20. The fraction of sp³-hybridized carbons (Fsp3) is 0.800. The highest BCUT2D eigenvalue weighted by Gasteiger charge is 2.14. The molecule has 58 valence electrons. The summed E-state index contributed by atoms with van der Waals surface area (Å²) >= 11 is 0. The van der Waals surface area contributed by atoms with E-state index in [1.54, 1.807) is 0 Å². The van der Waals surface area contributed by atoms with E-state index >= 15 is 0 Å². The maximum absolute atomic E-state index is 10.5. The van der Waals surface area contributed by atoms with Crippen LogP contribution in [0, 0.1) is 5.21 Å². The first kappa shape index (κ1) is 7.30. The molecule has 1 fully saturated rings. The van der Waals surface area contributed by atoms with Crippen LogP contribution in [-0.2, 0) is 0 Å². The first-order chi connectivity index (χ1) is 4.70. The topological polar surface area (TPSA) is 66.8 Å². The minimum absolute atomic E-state index is 0.298. The van der Waals surface area contributed by atoms with Crippen molar-refractivity contribution in [3.8, 4) is 0 Å².